The summed E-state index contributed by atoms with van der Waals surface area (Å²) in [4.78, 5) is 42.5. The SMILES string of the molecule is CCCCCCn1c(SCC(=O)NC(Cc2ccccc2)C(C)=O)nc2ccccc2c1=O. The molecule has 7 heteroatoms. The second-order valence-electron chi connectivity index (χ2n) is 8.14. The first-order valence-electron chi connectivity index (χ1n) is 11.5. The van der Waals surface area contributed by atoms with Gasteiger partial charge in [-0.2, -0.15) is 0 Å². The van der Waals surface area contributed by atoms with Gasteiger partial charge in [0.2, 0.25) is 5.91 Å². The molecular formula is C26H31N3O3S. The standard InChI is InChI=1S/C26H31N3O3S/c1-3-4-5-11-16-29-25(32)21-14-9-10-15-22(21)28-26(29)33-18-24(31)27-23(19(2)30)17-20-12-7-6-8-13-20/h6-10,12-15,23H,3-5,11,16-18H2,1-2H3,(H,27,31). The molecule has 1 heterocycles. The van der Waals surface area contributed by atoms with Gasteiger partial charge in [-0.05, 0) is 37.5 Å². The maximum atomic E-state index is 13.1. The Labute approximate surface area is 198 Å². The number of para-hydroxylation sites is 1. The lowest BCUT2D eigenvalue weighted by atomic mass is 10.0. The highest BCUT2D eigenvalue weighted by Crippen LogP contribution is 2.19. The molecule has 2 aromatic carbocycles. The summed E-state index contributed by atoms with van der Waals surface area (Å²) in [5.74, 6) is -0.261. The molecule has 0 saturated heterocycles. The Morgan fingerprint density at radius 3 is 2.48 bits per heavy atom. The van der Waals surface area contributed by atoms with Gasteiger partial charge in [-0.3, -0.25) is 19.0 Å². The number of rotatable bonds is 12. The topological polar surface area (TPSA) is 81.1 Å². The average Bonchev–Trinajstić information content (AvgIpc) is 2.82. The second kappa shape index (κ2) is 12.3. The molecule has 1 unspecified atom stereocenters. The van der Waals surface area contributed by atoms with Crippen LogP contribution in [-0.4, -0.2) is 33.0 Å². The third kappa shape index (κ3) is 7.02. The van der Waals surface area contributed by atoms with Gasteiger partial charge < -0.3 is 5.32 Å². The van der Waals surface area contributed by atoms with Gasteiger partial charge in [-0.1, -0.05) is 80.4 Å². The van der Waals surface area contributed by atoms with E-state index in [4.69, 9.17) is 0 Å². The van der Waals surface area contributed by atoms with Crippen LogP contribution in [0.1, 0.15) is 45.1 Å². The monoisotopic (exact) mass is 465 g/mol. The third-order valence-corrected chi connectivity index (χ3v) is 6.48. The molecule has 1 amide bonds. The molecule has 0 radical (unpaired) electrons. The molecular weight excluding hydrogens is 434 g/mol. The lowest BCUT2D eigenvalue weighted by Crippen LogP contribution is -2.42. The number of fused-ring (bicyclic) bond motifs is 1. The zero-order valence-corrected chi connectivity index (χ0v) is 20.1. The molecule has 3 rings (SSSR count). The van der Waals surface area contributed by atoms with E-state index in [2.05, 4.69) is 17.2 Å². The Morgan fingerprint density at radius 1 is 1.03 bits per heavy atom. The van der Waals surface area contributed by atoms with Gasteiger partial charge in [0.05, 0.1) is 22.7 Å². The number of hydrogen-bond acceptors (Lipinski definition) is 5. The van der Waals surface area contributed by atoms with E-state index in [0.717, 1.165) is 31.2 Å². The first-order valence-corrected chi connectivity index (χ1v) is 12.4. The number of amides is 1. The normalized spacial score (nSPS) is 11.9. The molecule has 3 aromatic rings. The van der Waals surface area contributed by atoms with Crippen LogP contribution in [0.15, 0.2) is 64.5 Å². The predicted octanol–water partition coefficient (Wildman–Crippen LogP) is 4.39. The number of aromatic nitrogens is 2. The van der Waals surface area contributed by atoms with Crippen molar-refractivity contribution in [3.05, 3.63) is 70.5 Å². The van der Waals surface area contributed by atoms with Crippen molar-refractivity contribution in [2.75, 3.05) is 5.75 Å². The van der Waals surface area contributed by atoms with Crippen LogP contribution in [0.4, 0.5) is 0 Å². The summed E-state index contributed by atoms with van der Waals surface area (Å²) >= 11 is 1.24. The number of unbranched alkanes of at least 4 members (excludes halogenated alkanes) is 3. The van der Waals surface area contributed by atoms with Gasteiger partial charge in [0.1, 0.15) is 0 Å². The fraction of sp³-hybridized carbons (Fsp3) is 0.385. The number of benzene rings is 2. The summed E-state index contributed by atoms with van der Waals surface area (Å²) in [5, 5.41) is 3.96. The van der Waals surface area contributed by atoms with Crippen LogP contribution in [-0.2, 0) is 22.6 Å². The minimum absolute atomic E-state index is 0.0781. The smallest absolute Gasteiger partial charge is 0.262 e. The molecule has 0 spiro atoms. The number of carbonyl (C=O) groups excluding carboxylic acids is 2. The number of thioether (sulfide) groups is 1. The van der Waals surface area contributed by atoms with Crippen LogP contribution < -0.4 is 10.9 Å². The Hall–Kier alpha value is -2.93. The van der Waals surface area contributed by atoms with E-state index in [0.29, 0.717) is 29.0 Å². The average molecular weight is 466 g/mol. The maximum absolute atomic E-state index is 13.1. The zero-order valence-electron chi connectivity index (χ0n) is 19.3. The molecule has 1 atom stereocenters. The molecule has 174 valence electrons. The van der Waals surface area contributed by atoms with Crippen molar-refractivity contribution in [3.63, 3.8) is 0 Å². The van der Waals surface area contributed by atoms with Crippen LogP contribution in [0, 0.1) is 0 Å². The van der Waals surface area contributed by atoms with Crippen molar-refractivity contribution in [2.45, 2.75) is 63.7 Å². The number of hydrogen-bond donors (Lipinski definition) is 1. The molecule has 33 heavy (non-hydrogen) atoms. The van der Waals surface area contributed by atoms with Crippen LogP contribution in [0.5, 0.6) is 0 Å². The summed E-state index contributed by atoms with van der Waals surface area (Å²) in [6, 6.07) is 16.3. The van der Waals surface area contributed by atoms with Crippen molar-refractivity contribution >= 4 is 34.4 Å². The first-order chi connectivity index (χ1) is 16.0. The van der Waals surface area contributed by atoms with Crippen LogP contribution >= 0.6 is 11.8 Å². The van der Waals surface area contributed by atoms with E-state index < -0.39 is 6.04 Å². The summed E-state index contributed by atoms with van der Waals surface area (Å²) in [5.41, 5.74) is 1.54. The van der Waals surface area contributed by atoms with Crippen molar-refractivity contribution < 1.29 is 9.59 Å². The van der Waals surface area contributed by atoms with Gasteiger partial charge in [-0.15, -0.1) is 0 Å². The van der Waals surface area contributed by atoms with E-state index in [9.17, 15) is 14.4 Å². The zero-order chi connectivity index (χ0) is 23.6. The van der Waals surface area contributed by atoms with Gasteiger partial charge >= 0.3 is 0 Å². The highest BCUT2D eigenvalue weighted by molar-refractivity contribution is 7.99. The van der Waals surface area contributed by atoms with Crippen LogP contribution in [0.2, 0.25) is 0 Å². The van der Waals surface area contributed by atoms with E-state index in [1.807, 2.05) is 48.5 Å². The minimum Gasteiger partial charge on any atom is -0.345 e. The Morgan fingerprint density at radius 2 is 1.76 bits per heavy atom. The fourth-order valence-corrected chi connectivity index (χ4v) is 4.50. The van der Waals surface area contributed by atoms with E-state index >= 15 is 0 Å². The van der Waals surface area contributed by atoms with Crippen molar-refractivity contribution in [1.82, 2.24) is 14.9 Å². The molecule has 0 bridgehead atoms. The number of nitrogens with zero attached hydrogens (tertiary/aromatic N) is 2. The Balaban J connectivity index is 1.72. The van der Waals surface area contributed by atoms with Gasteiger partial charge in [0.15, 0.2) is 10.9 Å². The minimum atomic E-state index is -0.582. The second-order valence-corrected chi connectivity index (χ2v) is 9.08. The summed E-state index contributed by atoms with van der Waals surface area (Å²) in [6.07, 6.45) is 4.61. The Kier molecular flexibility index (Phi) is 9.24. The molecule has 1 aromatic heterocycles. The number of ketones is 1. The number of nitrogens with one attached hydrogen (secondary N) is 1. The van der Waals surface area contributed by atoms with Crippen molar-refractivity contribution in [2.24, 2.45) is 0 Å². The summed E-state index contributed by atoms with van der Waals surface area (Å²) in [6.45, 7) is 4.21. The first kappa shape index (κ1) is 24.7. The molecule has 0 saturated carbocycles. The van der Waals surface area contributed by atoms with Gasteiger partial charge in [0, 0.05) is 6.54 Å². The van der Waals surface area contributed by atoms with Gasteiger partial charge in [0.25, 0.3) is 5.56 Å². The van der Waals surface area contributed by atoms with Gasteiger partial charge in [-0.25, -0.2) is 4.98 Å². The molecule has 0 aliphatic carbocycles. The summed E-state index contributed by atoms with van der Waals surface area (Å²) < 4.78 is 1.68. The van der Waals surface area contributed by atoms with E-state index in [1.165, 1.54) is 18.7 Å². The molecule has 0 fully saturated rings. The van der Waals surface area contributed by atoms with Crippen LogP contribution in [0.25, 0.3) is 10.9 Å². The van der Waals surface area contributed by atoms with Crippen LogP contribution in [0.3, 0.4) is 0 Å². The lowest BCUT2D eigenvalue weighted by Gasteiger charge is -2.17. The molecule has 1 N–H and O–H groups in total. The van der Waals surface area contributed by atoms with E-state index in [-0.39, 0.29) is 23.0 Å². The number of carbonyl (C=O) groups is 2. The Bertz CT molecular complexity index is 1140. The quantitative estimate of drug-likeness (QED) is 0.244. The lowest BCUT2D eigenvalue weighted by molar-refractivity contribution is -0.125. The predicted molar refractivity (Wildman–Crippen MR) is 134 cm³/mol. The third-order valence-electron chi connectivity index (χ3n) is 5.50. The van der Waals surface area contributed by atoms with Crippen molar-refractivity contribution in [3.8, 4) is 0 Å². The number of Topliss-reactive ketones (excluding diaryl/α,β-unsaturated/α-hetero) is 1. The molecule has 0 aliphatic heterocycles. The highest BCUT2D eigenvalue weighted by Gasteiger charge is 2.19. The van der Waals surface area contributed by atoms with Crippen molar-refractivity contribution in [1.29, 1.82) is 0 Å². The summed E-state index contributed by atoms with van der Waals surface area (Å²) in [7, 11) is 0. The largest absolute Gasteiger partial charge is 0.345 e. The fourth-order valence-electron chi connectivity index (χ4n) is 3.66. The molecule has 0 aliphatic rings. The highest BCUT2D eigenvalue weighted by atomic mass is 32.2. The molecule has 6 nitrogen and oxygen atoms in total. The van der Waals surface area contributed by atoms with E-state index in [1.54, 1.807) is 10.6 Å². The maximum Gasteiger partial charge on any atom is 0.262 e.